The SMILES string of the molecule is C=C(OC1(C)CC2CC(C1O)C2(C)C)C(F)(F)S(=O)(=O)O. The summed E-state index contributed by atoms with van der Waals surface area (Å²) in [6.07, 6.45) is 0.0958. The number of rotatable bonds is 4. The summed E-state index contributed by atoms with van der Waals surface area (Å²) >= 11 is 0. The van der Waals surface area contributed by atoms with Gasteiger partial charge in [-0.05, 0) is 37.0 Å². The smallest absolute Gasteiger partial charge is 0.424 e. The number of hydrogen-bond donors (Lipinski definition) is 2. The normalized spacial score (nSPS) is 38.5. The van der Waals surface area contributed by atoms with Crippen molar-refractivity contribution >= 4 is 10.1 Å². The Morgan fingerprint density at radius 2 is 1.90 bits per heavy atom. The Labute approximate surface area is 122 Å². The van der Waals surface area contributed by atoms with Gasteiger partial charge in [0.25, 0.3) is 0 Å². The Kier molecular flexibility index (Phi) is 3.48. The second-order valence-electron chi connectivity index (χ2n) is 6.84. The molecule has 2 N–H and O–H groups in total. The number of aliphatic hydroxyl groups is 1. The standard InChI is InChI=1S/C13H20F2O5S/c1-7(13(14,15)21(17,18)19)20-12(4)6-8-5-9(10(12)16)11(8,2)3/h8-10,16H,1,5-6H2,2-4H3,(H,17,18,19). The highest BCUT2D eigenvalue weighted by atomic mass is 32.2. The lowest BCUT2D eigenvalue weighted by molar-refractivity contribution is -0.244. The van der Waals surface area contributed by atoms with Crippen molar-refractivity contribution in [2.45, 2.75) is 50.6 Å². The van der Waals surface area contributed by atoms with Crippen LogP contribution in [0.4, 0.5) is 8.78 Å². The van der Waals surface area contributed by atoms with E-state index in [0.717, 1.165) is 6.42 Å². The summed E-state index contributed by atoms with van der Waals surface area (Å²) in [6.45, 7) is 8.37. The number of fused-ring (bicyclic) bond motifs is 2. The third-order valence-electron chi connectivity index (χ3n) is 5.21. The van der Waals surface area contributed by atoms with Crippen molar-refractivity contribution in [3.05, 3.63) is 12.3 Å². The third-order valence-corrected chi connectivity index (χ3v) is 6.09. The molecule has 0 heterocycles. The molecule has 0 radical (unpaired) electrons. The zero-order valence-electron chi connectivity index (χ0n) is 12.1. The van der Waals surface area contributed by atoms with Crippen LogP contribution in [0.5, 0.6) is 0 Å². The minimum Gasteiger partial charge on any atom is -0.482 e. The van der Waals surface area contributed by atoms with Gasteiger partial charge in [0.15, 0.2) is 5.76 Å². The van der Waals surface area contributed by atoms with Crippen LogP contribution in [0.15, 0.2) is 12.3 Å². The molecular formula is C13H20F2O5S. The van der Waals surface area contributed by atoms with Crippen LogP contribution in [0.25, 0.3) is 0 Å². The minimum absolute atomic E-state index is 0.102. The van der Waals surface area contributed by atoms with E-state index >= 15 is 0 Å². The number of alkyl halides is 2. The first kappa shape index (κ1) is 16.6. The number of hydrogen-bond acceptors (Lipinski definition) is 4. The van der Waals surface area contributed by atoms with Gasteiger partial charge in [-0.1, -0.05) is 20.4 Å². The van der Waals surface area contributed by atoms with Crippen LogP contribution >= 0.6 is 0 Å². The van der Waals surface area contributed by atoms with Crippen molar-refractivity contribution in [2.75, 3.05) is 0 Å². The first-order valence-electron chi connectivity index (χ1n) is 6.65. The van der Waals surface area contributed by atoms with E-state index < -0.39 is 32.8 Å². The monoisotopic (exact) mass is 326 g/mol. The summed E-state index contributed by atoms with van der Waals surface area (Å²) in [7, 11) is -5.66. The van der Waals surface area contributed by atoms with Crippen molar-refractivity contribution in [3.63, 3.8) is 0 Å². The van der Waals surface area contributed by atoms with Crippen LogP contribution in [0.1, 0.15) is 33.6 Å². The fourth-order valence-corrected chi connectivity index (χ4v) is 3.89. The topological polar surface area (TPSA) is 83.8 Å². The summed E-state index contributed by atoms with van der Waals surface area (Å²) in [5.74, 6) is -1.28. The first-order valence-corrected chi connectivity index (χ1v) is 8.09. The van der Waals surface area contributed by atoms with Gasteiger partial charge in [0.2, 0.25) is 0 Å². The predicted molar refractivity (Wildman–Crippen MR) is 71.1 cm³/mol. The summed E-state index contributed by atoms with van der Waals surface area (Å²) in [5.41, 5.74) is -1.44. The van der Waals surface area contributed by atoms with Gasteiger partial charge in [0.1, 0.15) is 5.60 Å². The molecule has 0 aliphatic heterocycles. The van der Waals surface area contributed by atoms with E-state index in [1.807, 2.05) is 13.8 Å². The van der Waals surface area contributed by atoms with Crippen molar-refractivity contribution in [1.29, 1.82) is 0 Å². The zero-order chi connectivity index (χ0) is 16.4. The van der Waals surface area contributed by atoms with Crippen molar-refractivity contribution in [3.8, 4) is 0 Å². The summed E-state index contributed by atoms with van der Waals surface area (Å²) in [4.78, 5) is 0. The molecule has 3 aliphatic carbocycles. The molecule has 3 rings (SSSR count). The van der Waals surface area contributed by atoms with Crippen LogP contribution in [0.3, 0.4) is 0 Å². The van der Waals surface area contributed by atoms with Gasteiger partial charge in [-0.3, -0.25) is 4.55 Å². The Morgan fingerprint density at radius 1 is 1.38 bits per heavy atom. The highest BCUT2D eigenvalue weighted by molar-refractivity contribution is 7.87. The fourth-order valence-electron chi connectivity index (χ4n) is 3.56. The van der Waals surface area contributed by atoms with E-state index in [-0.39, 0.29) is 17.3 Å². The molecule has 0 saturated heterocycles. The zero-order valence-corrected chi connectivity index (χ0v) is 13.0. The molecule has 0 spiro atoms. The molecule has 8 heteroatoms. The maximum atomic E-state index is 13.5. The molecule has 5 nitrogen and oxygen atoms in total. The fraction of sp³-hybridized carbons (Fsp3) is 0.846. The van der Waals surface area contributed by atoms with Crippen molar-refractivity contribution in [2.24, 2.45) is 17.3 Å². The van der Waals surface area contributed by atoms with Gasteiger partial charge >= 0.3 is 15.4 Å². The molecule has 0 aromatic rings. The third kappa shape index (κ3) is 2.27. The lowest BCUT2D eigenvalue weighted by atomic mass is 9.45. The first-order chi connectivity index (χ1) is 9.23. The molecule has 4 unspecified atom stereocenters. The van der Waals surface area contributed by atoms with E-state index in [1.165, 1.54) is 6.92 Å². The maximum Gasteiger partial charge on any atom is 0.424 e. The number of ether oxygens (including phenoxy) is 1. The minimum atomic E-state index is -5.66. The molecular weight excluding hydrogens is 306 g/mol. The summed E-state index contributed by atoms with van der Waals surface area (Å²) in [6, 6.07) is 0. The average molecular weight is 326 g/mol. The van der Waals surface area contributed by atoms with Crippen LogP contribution in [0.2, 0.25) is 0 Å². The number of aliphatic hydroxyl groups excluding tert-OH is 1. The molecule has 0 amide bonds. The Balaban J connectivity index is 2.19. The second kappa shape index (κ2) is 4.39. The van der Waals surface area contributed by atoms with Gasteiger partial charge in [-0.15, -0.1) is 0 Å². The number of halogens is 2. The molecule has 3 fully saturated rings. The van der Waals surface area contributed by atoms with Crippen LogP contribution in [-0.2, 0) is 14.9 Å². The van der Waals surface area contributed by atoms with E-state index in [9.17, 15) is 22.3 Å². The van der Waals surface area contributed by atoms with Gasteiger partial charge in [0, 0.05) is 0 Å². The molecule has 4 atom stereocenters. The summed E-state index contributed by atoms with van der Waals surface area (Å²) in [5, 5.41) is 5.76. The highest BCUT2D eigenvalue weighted by Crippen LogP contribution is 2.62. The Bertz CT molecular complexity index is 571. The Hall–Kier alpha value is -0.730. The van der Waals surface area contributed by atoms with Gasteiger partial charge in [0.05, 0.1) is 6.10 Å². The molecule has 2 bridgehead atoms. The molecule has 0 aromatic carbocycles. The van der Waals surface area contributed by atoms with Crippen LogP contribution in [0, 0.1) is 17.3 Å². The highest BCUT2D eigenvalue weighted by Gasteiger charge is 2.64. The largest absolute Gasteiger partial charge is 0.482 e. The van der Waals surface area contributed by atoms with E-state index in [0.29, 0.717) is 6.42 Å². The average Bonchev–Trinajstić information content (AvgIpc) is 2.30. The van der Waals surface area contributed by atoms with Crippen molar-refractivity contribution in [1.82, 2.24) is 0 Å². The van der Waals surface area contributed by atoms with Crippen LogP contribution in [-0.4, -0.2) is 35.0 Å². The van der Waals surface area contributed by atoms with E-state index in [4.69, 9.17) is 9.29 Å². The van der Waals surface area contributed by atoms with Crippen molar-refractivity contribution < 1.29 is 31.6 Å². The lowest BCUT2D eigenvalue weighted by Crippen LogP contribution is -2.65. The van der Waals surface area contributed by atoms with Gasteiger partial charge in [-0.25, -0.2) is 0 Å². The molecule has 3 saturated carbocycles. The second-order valence-corrected chi connectivity index (χ2v) is 8.30. The quantitative estimate of drug-likeness (QED) is 0.611. The maximum absolute atomic E-state index is 13.5. The predicted octanol–water partition coefficient (Wildman–Crippen LogP) is 2.18. The van der Waals surface area contributed by atoms with Crippen LogP contribution < -0.4 is 0 Å². The Morgan fingerprint density at radius 3 is 2.29 bits per heavy atom. The molecule has 21 heavy (non-hydrogen) atoms. The van der Waals surface area contributed by atoms with E-state index in [2.05, 4.69) is 6.58 Å². The van der Waals surface area contributed by atoms with Gasteiger partial charge in [-0.2, -0.15) is 17.2 Å². The van der Waals surface area contributed by atoms with Gasteiger partial charge < -0.3 is 9.84 Å². The molecule has 3 aliphatic rings. The summed E-state index contributed by atoms with van der Waals surface area (Å²) < 4.78 is 62.0. The van der Waals surface area contributed by atoms with E-state index in [1.54, 1.807) is 0 Å². The molecule has 122 valence electrons. The molecule has 0 aromatic heterocycles. The lowest BCUT2D eigenvalue weighted by Gasteiger charge is -2.63.